The largest absolute Gasteiger partial charge is 0.484 e. The summed E-state index contributed by atoms with van der Waals surface area (Å²) in [7, 11) is 0. The SMILES string of the molecule is CC(C)Oc1c(N)nsc1NC1CCN(C2CC2)C1. The number of nitrogen functional groups attached to an aromatic ring is 1. The van der Waals surface area contributed by atoms with Gasteiger partial charge < -0.3 is 15.8 Å². The van der Waals surface area contributed by atoms with Crippen LogP contribution in [0.1, 0.15) is 33.1 Å². The summed E-state index contributed by atoms with van der Waals surface area (Å²) < 4.78 is 9.96. The number of rotatable bonds is 5. The summed E-state index contributed by atoms with van der Waals surface area (Å²) in [5, 5.41) is 4.54. The Morgan fingerprint density at radius 2 is 2.21 bits per heavy atom. The lowest BCUT2D eigenvalue weighted by Gasteiger charge is -2.17. The van der Waals surface area contributed by atoms with Gasteiger partial charge in [0, 0.05) is 25.2 Å². The Kier molecular flexibility index (Phi) is 3.54. The number of nitrogens with one attached hydrogen (secondary N) is 1. The predicted octanol–water partition coefficient (Wildman–Crippen LogP) is 2.16. The summed E-state index contributed by atoms with van der Waals surface area (Å²) in [6.45, 7) is 6.34. The van der Waals surface area contributed by atoms with Gasteiger partial charge in [-0.05, 0) is 44.6 Å². The van der Waals surface area contributed by atoms with Crippen LogP contribution in [0.2, 0.25) is 0 Å². The van der Waals surface area contributed by atoms with E-state index in [4.69, 9.17) is 10.5 Å². The van der Waals surface area contributed by atoms with Gasteiger partial charge in [-0.25, -0.2) is 0 Å². The minimum atomic E-state index is 0.116. The fraction of sp³-hybridized carbons (Fsp3) is 0.769. The van der Waals surface area contributed by atoms with Crippen LogP contribution in [0.25, 0.3) is 0 Å². The minimum Gasteiger partial charge on any atom is -0.484 e. The first-order valence-electron chi connectivity index (χ1n) is 7.06. The molecule has 3 N–H and O–H groups in total. The Bertz CT molecular complexity index is 444. The highest BCUT2D eigenvalue weighted by molar-refractivity contribution is 7.11. The Labute approximate surface area is 118 Å². The third-order valence-corrected chi connectivity index (χ3v) is 4.42. The molecule has 2 fully saturated rings. The molecule has 19 heavy (non-hydrogen) atoms. The molecule has 0 spiro atoms. The molecular formula is C13H22N4OS. The third-order valence-electron chi connectivity index (χ3n) is 3.65. The van der Waals surface area contributed by atoms with Gasteiger partial charge in [0.1, 0.15) is 0 Å². The molecule has 2 aliphatic rings. The van der Waals surface area contributed by atoms with Crippen LogP contribution < -0.4 is 15.8 Å². The molecule has 0 amide bonds. The quantitative estimate of drug-likeness (QED) is 0.866. The molecule has 2 heterocycles. The van der Waals surface area contributed by atoms with Crippen molar-refractivity contribution < 1.29 is 4.74 Å². The topological polar surface area (TPSA) is 63.4 Å². The van der Waals surface area contributed by atoms with E-state index in [0.29, 0.717) is 11.9 Å². The van der Waals surface area contributed by atoms with Crippen LogP contribution in [0.4, 0.5) is 10.8 Å². The van der Waals surface area contributed by atoms with E-state index in [-0.39, 0.29) is 6.10 Å². The summed E-state index contributed by atoms with van der Waals surface area (Å²) in [6, 6.07) is 1.35. The number of nitrogens with two attached hydrogens (primary N) is 1. The highest BCUT2D eigenvalue weighted by Gasteiger charge is 2.34. The first-order valence-corrected chi connectivity index (χ1v) is 7.83. The molecule has 0 radical (unpaired) electrons. The summed E-state index contributed by atoms with van der Waals surface area (Å²) >= 11 is 1.40. The Morgan fingerprint density at radius 1 is 1.42 bits per heavy atom. The number of nitrogens with zero attached hydrogens (tertiary/aromatic N) is 2. The average molecular weight is 282 g/mol. The van der Waals surface area contributed by atoms with Crippen molar-refractivity contribution in [2.75, 3.05) is 24.1 Å². The molecule has 1 atom stereocenters. The summed E-state index contributed by atoms with van der Waals surface area (Å²) in [5.74, 6) is 1.23. The molecule has 1 aromatic heterocycles. The minimum absolute atomic E-state index is 0.116. The lowest BCUT2D eigenvalue weighted by Crippen LogP contribution is -2.27. The van der Waals surface area contributed by atoms with Gasteiger partial charge >= 0.3 is 0 Å². The van der Waals surface area contributed by atoms with Crippen molar-refractivity contribution in [1.82, 2.24) is 9.27 Å². The molecule has 1 aromatic rings. The number of anilines is 2. The molecular weight excluding hydrogens is 260 g/mol. The number of hydrogen-bond acceptors (Lipinski definition) is 6. The zero-order valence-electron chi connectivity index (χ0n) is 11.6. The average Bonchev–Trinajstić information content (AvgIpc) is 3.03. The van der Waals surface area contributed by atoms with Crippen molar-refractivity contribution in [3.63, 3.8) is 0 Å². The van der Waals surface area contributed by atoms with Crippen molar-refractivity contribution in [1.29, 1.82) is 0 Å². The summed E-state index contributed by atoms with van der Waals surface area (Å²) in [5.41, 5.74) is 5.87. The van der Waals surface area contributed by atoms with Crippen LogP contribution in [0, 0.1) is 0 Å². The molecule has 0 bridgehead atoms. The second-order valence-electron chi connectivity index (χ2n) is 5.75. The molecule has 6 heteroatoms. The van der Waals surface area contributed by atoms with Gasteiger partial charge in [-0.2, -0.15) is 4.37 Å². The molecule has 1 aliphatic carbocycles. The smallest absolute Gasteiger partial charge is 0.197 e. The Morgan fingerprint density at radius 3 is 2.89 bits per heavy atom. The molecule has 1 saturated carbocycles. The van der Waals surface area contributed by atoms with Crippen LogP contribution in [-0.4, -0.2) is 40.6 Å². The normalized spacial score (nSPS) is 24.1. The lowest BCUT2D eigenvalue weighted by atomic mass is 10.2. The zero-order valence-corrected chi connectivity index (χ0v) is 12.4. The van der Waals surface area contributed by atoms with Crippen molar-refractivity contribution in [2.45, 2.75) is 51.3 Å². The number of aromatic nitrogens is 1. The summed E-state index contributed by atoms with van der Waals surface area (Å²) in [4.78, 5) is 2.59. The van der Waals surface area contributed by atoms with Crippen LogP contribution in [0.15, 0.2) is 0 Å². The lowest BCUT2D eigenvalue weighted by molar-refractivity contribution is 0.245. The van der Waals surface area contributed by atoms with Crippen LogP contribution >= 0.6 is 11.5 Å². The van der Waals surface area contributed by atoms with Gasteiger partial charge in [0.25, 0.3) is 0 Å². The maximum atomic E-state index is 5.87. The molecule has 1 aliphatic heterocycles. The van der Waals surface area contributed by atoms with Gasteiger partial charge in [0.15, 0.2) is 16.6 Å². The van der Waals surface area contributed by atoms with Crippen molar-refractivity contribution >= 4 is 22.4 Å². The van der Waals surface area contributed by atoms with Crippen LogP contribution in [0.5, 0.6) is 5.75 Å². The first-order chi connectivity index (χ1) is 9.13. The van der Waals surface area contributed by atoms with Gasteiger partial charge in [-0.15, -0.1) is 0 Å². The highest BCUT2D eigenvalue weighted by Crippen LogP contribution is 2.38. The van der Waals surface area contributed by atoms with E-state index in [1.165, 1.54) is 37.3 Å². The first kappa shape index (κ1) is 13.0. The van der Waals surface area contributed by atoms with Crippen molar-refractivity contribution in [3.05, 3.63) is 0 Å². The maximum absolute atomic E-state index is 5.87. The maximum Gasteiger partial charge on any atom is 0.197 e. The van der Waals surface area contributed by atoms with E-state index < -0.39 is 0 Å². The van der Waals surface area contributed by atoms with Gasteiger partial charge in [0.05, 0.1) is 6.10 Å². The van der Waals surface area contributed by atoms with Crippen LogP contribution in [-0.2, 0) is 0 Å². The van der Waals surface area contributed by atoms with Gasteiger partial charge in [-0.1, -0.05) is 0 Å². The molecule has 106 valence electrons. The van der Waals surface area contributed by atoms with E-state index in [1.807, 2.05) is 13.8 Å². The zero-order chi connectivity index (χ0) is 13.4. The van der Waals surface area contributed by atoms with E-state index in [2.05, 4.69) is 14.6 Å². The molecule has 5 nitrogen and oxygen atoms in total. The van der Waals surface area contributed by atoms with Crippen molar-refractivity contribution in [2.24, 2.45) is 0 Å². The fourth-order valence-electron chi connectivity index (χ4n) is 2.60. The predicted molar refractivity (Wildman–Crippen MR) is 78.9 cm³/mol. The van der Waals surface area contributed by atoms with Crippen molar-refractivity contribution in [3.8, 4) is 5.75 Å². The highest BCUT2D eigenvalue weighted by atomic mass is 32.1. The Hall–Kier alpha value is -1.01. The van der Waals surface area contributed by atoms with E-state index in [0.717, 1.165) is 23.3 Å². The number of likely N-dealkylation sites (tertiary alicyclic amines) is 1. The van der Waals surface area contributed by atoms with E-state index >= 15 is 0 Å². The monoisotopic (exact) mass is 282 g/mol. The number of hydrogen-bond donors (Lipinski definition) is 2. The standard InChI is InChI=1S/C13H22N4OS/c1-8(2)18-11-12(14)16-19-13(11)15-9-5-6-17(7-9)10-3-4-10/h8-10,15H,3-7H2,1-2H3,(H2,14,16). The molecule has 1 saturated heterocycles. The molecule has 1 unspecified atom stereocenters. The van der Waals surface area contributed by atoms with E-state index in [1.54, 1.807) is 0 Å². The molecule has 3 rings (SSSR count). The fourth-order valence-corrected chi connectivity index (χ4v) is 3.32. The summed E-state index contributed by atoms with van der Waals surface area (Å²) in [6.07, 6.45) is 4.06. The van der Waals surface area contributed by atoms with Crippen LogP contribution in [0.3, 0.4) is 0 Å². The Balaban J connectivity index is 1.63. The molecule has 0 aromatic carbocycles. The van der Waals surface area contributed by atoms with Gasteiger partial charge in [-0.3, -0.25) is 4.90 Å². The van der Waals surface area contributed by atoms with E-state index in [9.17, 15) is 0 Å². The second kappa shape index (κ2) is 5.17. The third kappa shape index (κ3) is 2.95. The number of ether oxygens (including phenoxy) is 1. The second-order valence-corrected chi connectivity index (χ2v) is 6.52. The van der Waals surface area contributed by atoms with Gasteiger partial charge in [0.2, 0.25) is 0 Å².